The Bertz CT molecular complexity index is 705. The normalized spacial score (nSPS) is 25.0. The molecule has 5 nitrogen and oxygen atoms in total. The van der Waals surface area contributed by atoms with Crippen LogP contribution in [0.2, 0.25) is 5.02 Å². The Morgan fingerprint density at radius 2 is 2.08 bits per heavy atom. The van der Waals surface area contributed by atoms with Crippen molar-refractivity contribution in [2.75, 3.05) is 6.61 Å². The average molecular weight is 372 g/mol. The fourth-order valence-corrected chi connectivity index (χ4v) is 3.32. The topological polar surface area (TPSA) is 74.2 Å². The van der Waals surface area contributed by atoms with Crippen molar-refractivity contribution >= 4 is 24.0 Å². The van der Waals surface area contributed by atoms with Crippen LogP contribution < -0.4 is 5.73 Å². The summed E-state index contributed by atoms with van der Waals surface area (Å²) in [5.41, 5.74) is 6.62. The number of hydrogen-bond acceptors (Lipinski definition) is 5. The quantitative estimate of drug-likeness (QED) is 0.866. The van der Waals surface area contributed by atoms with Gasteiger partial charge < -0.3 is 15.0 Å². The predicted molar refractivity (Wildman–Crippen MR) is 95.5 cm³/mol. The molecule has 0 amide bonds. The van der Waals surface area contributed by atoms with Crippen LogP contribution in [0.3, 0.4) is 0 Å². The van der Waals surface area contributed by atoms with E-state index in [1.807, 2.05) is 31.2 Å². The fourth-order valence-electron chi connectivity index (χ4n) is 3.12. The van der Waals surface area contributed by atoms with Gasteiger partial charge in [0.2, 0.25) is 5.89 Å². The first kappa shape index (κ1) is 19.2. The summed E-state index contributed by atoms with van der Waals surface area (Å²) in [6.45, 7) is 6.82. The molecule has 2 unspecified atom stereocenters. The number of benzene rings is 1. The molecule has 2 aromatic rings. The standard InChI is InChI=1S/C17H22ClN3O2.ClH/c1-4-22-13-10-17(19,16(13,2)3)15-20-14(21-23-15)9-11-7-5-6-8-12(11)18;/h5-8,13H,4,9-10,19H2,1-3H3;1H. The summed E-state index contributed by atoms with van der Waals surface area (Å²) >= 11 is 6.18. The molecule has 132 valence electrons. The third-order valence-corrected chi connectivity index (χ3v) is 5.35. The van der Waals surface area contributed by atoms with Gasteiger partial charge in [-0.3, -0.25) is 0 Å². The van der Waals surface area contributed by atoms with Gasteiger partial charge in [0.25, 0.3) is 0 Å². The summed E-state index contributed by atoms with van der Waals surface area (Å²) in [7, 11) is 0. The highest BCUT2D eigenvalue weighted by molar-refractivity contribution is 6.31. The molecule has 1 heterocycles. The maximum absolute atomic E-state index is 6.56. The molecule has 2 atom stereocenters. The van der Waals surface area contributed by atoms with E-state index in [9.17, 15) is 0 Å². The second kappa shape index (κ2) is 7.00. The Labute approximate surface area is 153 Å². The number of halogens is 2. The van der Waals surface area contributed by atoms with Crippen LogP contribution in [-0.4, -0.2) is 22.9 Å². The Kier molecular flexibility index (Phi) is 5.60. The van der Waals surface area contributed by atoms with E-state index in [0.717, 1.165) is 5.56 Å². The number of nitrogens with two attached hydrogens (primary N) is 1. The minimum absolute atomic E-state index is 0. The smallest absolute Gasteiger partial charge is 0.247 e. The van der Waals surface area contributed by atoms with Crippen molar-refractivity contribution in [1.29, 1.82) is 0 Å². The van der Waals surface area contributed by atoms with Crippen LogP contribution in [0.1, 0.15) is 44.5 Å². The summed E-state index contributed by atoms with van der Waals surface area (Å²) in [5, 5.41) is 4.77. The van der Waals surface area contributed by atoms with E-state index in [4.69, 9.17) is 26.6 Å². The van der Waals surface area contributed by atoms with Gasteiger partial charge in [-0.15, -0.1) is 12.4 Å². The summed E-state index contributed by atoms with van der Waals surface area (Å²) in [6.07, 6.45) is 1.31. The minimum Gasteiger partial charge on any atom is -0.378 e. The Hall–Kier alpha value is -1.14. The molecule has 2 N–H and O–H groups in total. The zero-order valence-electron chi connectivity index (χ0n) is 14.1. The molecule has 7 heteroatoms. The van der Waals surface area contributed by atoms with Crippen molar-refractivity contribution in [3.8, 4) is 0 Å². The van der Waals surface area contributed by atoms with Gasteiger partial charge in [-0.25, -0.2) is 0 Å². The number of nitrogens with zero attached hydrogens (tertiary/aromatic N) is 2. The number of hydrogen-bond donors (Lipinski definition) is 1. The zero-order chi connectivity index (χ0) is 16.7. The molecule has 24 heavy (non-hydrogen) atoms. The Morgan fingerprint density at radius 3 is 2.71 bits per heavy atom. The average Bonchev–Trinajstić information content (AvgIpc) is 2.98. The second-order valence-electron chi connectivity index (χ2n) is 6.63. The summed E-state index contributed by atoms with van der Waals surface area (Å²) in [6, 6.07) is 7.64. The molecule has 0 radical (unpaired) electrons. The molecule has 0 saturated heterocycles. The zero-order valence-corrected chi connectivity index (χ0v) is 15.7. The van der Waals surface area contributed by atoms with Crippen molar-refractivity contribution in [2.24, 2.45) is 11.1 Å². The van der Waals surface area contributed by atoms with Gasteiger partial charge in [-0.1, -0.05) is 48.8 Å². The molecule has 0 bridgehead atoms. The third kappa shape index (κ3) is 3.06. The first-order chi connectivity index (χ1) is 10.9. The minimum atomic E-state index is -0.654. The second-order valence-corrected chi connectivity index (χ2v) is 7.03. The summed E-state index contributed by atoms with van der Waals surface area (Å²) in [5.74, 6) is 1.06. The molecule has 1 saturated carbocycles. The summed E-state index contributed by atoms with van der Waals surface area (Å²) in [4.78, 5) is 4.51. The molecular weight excluding hydrogens is 349 g/mol. The lowest BCUT2D eigenvalue weighted by atomic mass is 9.54. The van der Waals surface area contributed by atoms with Crippen LogP contribution in [0, 0.1) is 5.41 Å². The van der Waals surface area contributed by atoms with Crippen LogP contribution in [0.25, 0.3) is 0 Å². The molecule has 0 spiro atoms. The van der Waals surface area contributed by atoms with E-state index in [0.29, 0.717) is 36.2 Å². The molecule has 1 aliphatic rings. The van der Waals surface area contributed by atoms with E-state index >= 15 is 0 Å². The molecule has 1 aliphatic carbocycles. The van der Waals surface area contributed by atoms with Crippen LogP contribution in [0.4, 0.5) is 0 Å². The highest BCUT2D eigenvalue weighted by Crippen LogP contribution is 2.55. The molecular formula is C17H23Cl2N3O2. The number of rotatable bonds is 5. The SMILES string of the molecule is CCOC1CC(N)(c2nc(Cc3ccccc3Cl)no2)C1(C)C.Cl. The third-order valence-electron chi connectivity index (χ3n) is 4.99. The lowest BCUT2D eigenvalue weighted by molar-refractivity contribution is -0.162. The number of ether oxygens (including phenoxy) is 1. The van der Waals surface area contributed by atoms with Gasteiger partial charge in [-0.05, 0) is 18.6 Å². The summed E-state index contributed by atoms with van der Waals surface area (Å²) < 4.78 is 11.2. The maximum atomic E-state index is 6.56. The number of aromatic nitrogens is 2. The molecule has 1 aromatic carbocycles. The van der Waals surface area contributed by atoms with Gasteiger partial charge in [0.05, 0.1) is 6.10 Å². The molecule has 1 fully saturated rings. The lowest BCUT2D eigenvalue weighted by Gasteiger charge is -2.56. The highest BCUT2D eigenvalue weighted by Gasteiger charge is 2.62. The Balaban J connectivity index is 0.00000208. The highest BCUT2D eigenvalue weighted by atomic mass is 35.5. The van der Waals surface area contributed by atoms with Gasteiger partial charge in [0, 0.05) is 29.9 Å². The monoisotopic (exact) mass is 371 g/mol. The van der Waals surface area contributed by atoms with Gasteiger partial charge in [0.1, 0.15) is 5.54 Å². The van der Waals surface area contributed by atoms with Crippen LogP contribution >= 0.6 is 24.0 Å². The van der Waals surface area contributed by atoms with Crippen molar-refractivity contribution in [3.63, 3.8) is 0 Å². The Morgan fingerprint density at radius 1 is 1.38 bits per heavy atom. The fraction of sp³-hybridized carbons (Fsp3) is 0.529. The van der Waals surface area contributed by atoms with E-state index in [1.165, 1.54) is 0 Å². The van der Waals surface area contributed by atoms with Crippen molar-refractivity contribution in [3.05, 3.63) is 46.6 Å². The van der Waals surface area contributed by atoms with Crippen LogP contribution in [-0.2, 0) is 16.7 Å². The van der Waals surface area contributed by atoms with Crippen LogP contribution in [0.15, 0.2) is 28.8 Å². The molecule has 0 aliphatic heterocycles. The first-order valence-corrected chi connectivity index (χ1v) is 8.23. The molecule has 3 rings (SSSR count). The van der Waals surface area contributed by atoms with E-state index in [1.54, 1.807) is 0 Å². The van der Waals surface area contributed by atoms with Gasteiger partial charge >= 0.3 is 0 Å². The first-order valence-electron chi connectivity index (χ1n) is 7.85. The van der Waals surface area contributed by atoms with Crippen molar-refractivity contribution in [1.82, 2.24) is 10.1 Å². The lowest BCUT2D eigenvalue weighted by Crippen LogP contribution is -2.67. The van der Waals surface area contributed by atoms with E-state index in [2.05, 4.69) is 24.0 Å². The van der Waals surface area contributed by atoms with E-state index in [-0.39, 0.29) is 23.9 Å². The van der Waals surface area contributed by atoms with Gasteiger partial charge in [0.15, 0.2) is 5.82 Å². The maximum Gasteiger partial charge on any atom is 0.247 e. The van der Waals surface area contributed by atoms with Crippen molar-refractivity contribution < 1.29 is 9.26 Å². The largest absolute Gasteiger partial charge is 0.378 e. The van der Waals surface area contributed by atoms with Crippen LogP contribution in [0.5, 0.6) is 0 Å². The van der Waals surface area contributed by atoms with E-state index < -0.39 is 5.54 Å². The molecule has 1 aromatic heterocycles. The van der Waals surface area contributed by atoms with Crippen molar-refractivity contribution in [2.45, 2.75) is 45.3 Å². The predicted octanol–water partition coefficient (Wildman–Crippen LogP) is 3.72. The van der Waals surface area contributed by atoms with Gasteiger partial charge in [-0.2, -0.15) is 4.98 Å².